The van der Waals surface area contributed by atoms with Gasteiger partial charge in [-0.1, -0.05) is 12.1 Å². The Bertz CT molecular complexity index is 721. The van der Waals surface area contributed by atoms with Crippen molar-refractivity contribution in [1.29, 1.82) is 0 Å². The van der Waals surface area contributed by atoms with Crippen molar-refractivity contribution in [2.24, 2.45) is 5.84 Å². The molecular weight excluding hydrogens is 329 g/mol. The standard InChI is InChI=1S/C14H11F3N4OS/c15-14(16,17)9-4-3-5-10(8-9)20-13(23)21(18)12(22)11-6-1-2-7-19-11/h1-8H,18H2,(H,20,23). The third-order valence-electron chi connectivity index (χ3n) is 2.76. The molecule has 1 aromatic carbocycles. The van der Waals surface area contributed by atoms with E-state index in [1.54, 1.807) is 12.1 Å². The minimum Gasteiger partial charge on any atom is -0.331 e. The highest BCUT2D eigenvalue weighted by molar-refractivity contribution is 7.80. The van der Waals surface area contributed by atoms with E-state index in [0.717, 1.165) is 12.1 Å². The second kappa shape index (κ2) is 6.71. The van der Waals surface area contributed by atoms with Gasteiger partial charge in [0.05, 0.1) is 5.56 Å². The Balaban J connectivity index is 2.11. The predicted molar refractivity (Wildman–Crippen MR) is 82.3 cm³/mol. The molecule has 120 valence electrons. The maximum Gasteiger partial charge on any atom is 0.416 e. The number of hydrogen-bond donors (Lipinski definition) is 2. The van der Waals surface area contributed by atoms with Crippen LogP contribution in [0.3, 0.4) is 0 Å². The Kier molecular flexibility index (Phi) is 4.92. The highest BCUT2D eigenvalue weighted by atomic mass is 32.1. The summed E-state index contributed by atoms with van der Waals surface area (Å²) < 4.78 is 38.0. The average Bonchev–Trinajstić information content (AvgIpc) is 2.53. The van der Waals surface area contributed by atoms with E-state index in [1.807, 2.05) is 0 Å². The van der Waals surface area contributed by atoms with Gasteiger partial charge in [0.1, 0.15) is 5.69 Å². The van der Waals surface area contributed by atoms with Gasteiger partial charge in [-0.3, -0.25) is 9.78 Å². The molecule has 0 atom stereocenters. The number of carbonyl (C=O) groups is 1. The van der Waals surface area contributed by atoms with Gasteiger partial charge in [-0.05, 0) is 42.5 Å². The number of hydrazine groups is 1. The van der Waals surface area contributed by atoms with Crippen molar-refractivity contribution in [1.82, 2.24) is 9.99 Å². The molecule has 3 N–H and O–H groups in total. The fraction of sp³-hybridized carbons (Fsp3) is 0.0714. The third-order valence-corrected chi connectivity index (χ3v) is 3.06. The fourth-order valence-electron chi connectivity index (χ4n) is 1.66. The molecular formula is C14H11F3N4OS. The van der Waals surface area contributed by atoms with Crippen LogP contribution in [0.25, 0.3) is 0 Å². The first-order valence-electron chi connectivity index (χ1n) is 6.27. The monoisotopic (exact) mass is 340 g/mol. The molecule has 0 saturated heterocycles. The Morgan fingerprint density at radius 1 is 1.22 bits per heavy atom. The Morgan fingerprint density at radius 2 is 1.96 bits per heavy atom. The largest absolute Gasteiger partial charge is 0.416 e. The molecule has 1 heterocycles. The summed E-state index contributed by atoms with van der Waals surface area (Å²) in [5.74, 6) is 4.90. The van der Waals surface area contributed by atoms with Gasteiger partial charge in [0.2, 0.25) is 0 Å². The number of benzene rings is 1. The highest BCUT2D eigenvalue weighted by Crippen LogP contribution is 2.30. The number of halogens is 3. The van der Waals surface area contributed by atoms with Crippen molar-refractivity contribution in [2.45, 2.75) is 6.18 Å². The Hall–Kier alpha value is -2.52. The van der Waals surface area contributed by atoms with E-state index in [9.17, 15) is 18.0 Å². The number of rotatable bonds is 2. The van der Waals surface area contributed by atoms with Crippen LogP contribution in [-0.4, -0.2) is 21.0 Å². The van der Waals surface area contributed by atoms with Crippen molar-refractivity contribution in [3.05, 3.63) is 59.9 Å². The second-order valence-electron chi connectivity index (χ2n) is 4.40. The second-order valence-corrected chi connectivity index (χ2v) is 4.79. The van der Waals surface area contributed by atoms with E-state index in [4.69, 9.17) is 18.1 Å². The molecule has 23 heavy (non-hydrogen) atoms. The zero-order chi connectivity index (χ0) is 17.0. The molecule has 2 rings (SSSR count). The summed E-state index contributed by atoms with van der Waals surface area (Å²) in [6.45, 7) is 0. The van der Waals surface area contributed by atoms with Crippen molar-refractivity contribution in [3.63, 3.8) is 0 Å². The van der Waals surface area contributed by atoms with Crippen LogP contribution in [0.5, 0.6) is 0 Å². The lowest BCUT2D eigenvalue weighted by atomic mass is 10.2. The number of alkyl halides is 3. The number of hydrogen-bond acceptors (Lipinski definition) is 4. The molecule has 0 bridgehead atoms. The normalized spacial score (nSPS) is 11.0. The summed E-state index contributed by atoms with van der Waals surface area (Å²) in [6, 6.07) is 9.04. The number of nitrogens with two attached hydrogens (primary N) is 1. The van der Waals surface area contributed by atoms with Crippen molar-refractivity contribution < 1.29 is 18.0 Å². The first-order valence-corrected chi connectivity index (χ1v) is 6.68. The molecule has 0 unspecified atom stereocenters. The Morgan fingerprint density at radius 3 is 2.57 bits per heavy atom. The molecule has 5 nitrogen and oxygen atoms in total. The molecule has 2 aromatic rings. The van der Waals surface area contributed by atoms with Crippen LogP contribution in [-0.2, 0) is 6.18 Å². The summed E-state index contributed by atoms with van der Waals surface area (Å²) in [7, 11) is 0. The van der Waals surface area contributed by atoms with Gasteiger partial charge in [-0.25, -0.2) is 10.9 Å². The quantitative estimate of drug-likeness (QED) is 0.381. The number of thiocarbonyl (C=S) groups is 1. The SMILES string of the molecule is NN(C(=O)c1ccccn1)C(=S)Nc1cccc(C(F)(F)F)c1. The van der Waals surface area contributed by atoms with Crippen molar-refractivity contribution in [2.75, 3.05) is 5.32 Å². The maximum atomic E-state index is 12.7. The van der Waals surface area contributed by atoms with E-state index in [0.29, 0.717) is 5.01 Å². The average molecular weight is 340 g/mol. The Labute approximate surface area is 134 Å². The minimum atomic E-state index is -4.48. The molecule has 0 aliphatic carbocycles. The number of nitrogens with one attached hydrogen (secondary N) is 1. The van der Waals surface area contributed by atoms with E-state index in [1.165, 1.54) is 24.4 Å². The summed E-state index contributed by atoms with van der Waals surface area (Å²) in [5, 5.41) is 2.85. The topological polar surface area (TPSA) is 71.2 Å². The first-order chi connectivity index (χ1) is 10.8. The summed E-state index contributed by atoms with van der Waals surface area (Å²) in [6.07, 6.45) is -3.07. The van der Waals surface area contributed by atoms with E-state index in [2.05, 4.69) is 10.3 Å². The number of nitrogens with zero attached hydrogens (tertiary/aromatic N) is 2. The number of anilines is 1. The number of carbonyl (C=O) groups excluding carboxylic acids is 1. The smallest absolute Gasteiger partial charge is 0.331 e. The van der Waals surface area contributed by atoms with Crippen LogP contribution < -0.4 is 11.2 Å². The lowest BCUT2D eigenvalue weighted by Gasteiger charge is -2.18. The fourth-order valence-corrected chi connectivity index (χ4v) is 1.86. The van der Waals surface area contributed by atoms with Gasteiger partial charge in [0.15, 0.2) is 5.11 Å². The first kappa shape index (κ1) is 16.8. The van der Waals surface area contributed by atoms with Gasteiger partial charge in [-0.15, -0.1) is 0 Å². The van der Waals surface area contributed by atoms with Crippen molar-refractivity contribution >= 4 is 28.9 Å². The molecule has 0 spiro atoms. The molecule has 0 saturated carbocycles. The van der Waals surface area contributed by atoms with Crippen LogP contribution in [0.4, 0.5) is 18.9 Å². The van der Waals surface area contributed by atoms with Gasteiger partial charge < -0.3 is 5.32 Å². The van der Waals surface area contributed by atoms with Crippen LogP contribution in [0, 0.1) is 0 Å². The maximum absolute atomic E-state index is 12.7. The van der Waals surface area contributed by atoms with Gasteiger partial charge in [0.25, 0.3) is 5.91 Å². The molecule has 0 aliphatic heterocycles. The lowest BCUT2D eigenvalue weighted by molar-refractivity contribution is -0.137. The molecule has 1 amide bonds. The van der Waals surface area contributed by atoms with Crippen LogP contribution in [0.1, 0.15) is 16.1 Å². The molecule has 1 aromatic heterocycles. The molecule has 0 aliphatic rings. The van der Waals surface area contributed by atoms with Gasteiger partial charge in [0, 0.05) is 11.9 Å². The van der Waals surface area contributed by atoms with Crippen molar-refractivity contribution in [3.8, 4) is 0 Å². The van der Waals surface area contributed by atoms with E-state index >= 15 is 0 Å². The van der Waals surface area contributed by atoms with Gasteiger partial charge >= 0.3 is 6.18 Å². The van der Waals surface area contributed by atoms with Gasteiger partial charge in [-0.2, -0.15) is 13.2 Å². The highest BCUT2D eigenvalue weighted by Gasteiger charge is 2.30. The predicted octanol–water partition coefficient (Wildman–Crippen LogP) is 2.81. The number of amides is 1. The molecule has 0 radical (unpaired) electrons. The molecule has 9 heteroatoms. The molecule has 0 fully saturated rings. The summed E-state index contributed by atoms with van der Waals surface area (Å²) in [4.78, 5) is 15.9. The number of pyridine rings is 1. The van der Waals surface area contributed by atoms with E-state index in [-0.39, 0.29) is 16.5 Å². The minimum absolute atomic E-state index is 0.0585. The van der Waals surface area contributed by atoms with Crippen LogP contribution in [0.15, 0.2) is 48.7 Å². The lowest BCUT2D eigenvalue weighted by Crippen LogP contribution is -2.45. The zero-order valence-electron chi connectivity index (χ0n) is 11.5. The third kappa shape index (κ3) is 4.24. The zero-order valence-corrected chi connectivity index (χ0v) is 12.4. The summed E-state index contributed by atoms with van der Waals surface area (Å²) >= 11 is 4.93. The van der Waals surface area contributed by atoms with Crippen LogP contribution >= 0.6 is 12.2 Å². The van der Waals surface area contributed by atoms with Crippen LogP contribution in [0.2, 0.25) is 0 Å². The van der Waals surface area contributed by atoms with E-state index < -0.39 is 17.6 Å². The summed E-state index contributed by atoms with van der Waals surface area (Å²) in [5.41, 5.74) is -0.720. The number of aromatic nitrogens is 1.